The van der Waals surface area contributed by atoms with Crippen molar-refractivity contribution in [3.8, 4) is 0 Å². The van der Waals surface area contributed by atoms with Crippen LogP contribution in [-0.2, 0) is 11.3 Å². The van der Waals surface area contributed by atoms with Crippen LogP contribution in [0.25, 0.3) is 10.9 Å². The lowest BCUT2D eigenvalue weighted by Crippen LogP contribution is -2.51. The van der Waals surface area contributed by atoms with Crippen LogP contribution in [0.1, 0.15) is 37.7 Å². The molecule has 0 saturated carbocycles. The average molecular weight is 367 g/mol. The molecule has 0 unspecified atom stereocenters. The Morgan fingerprint density at radius 3 is 2.81 bits per heavy atom. The molecule has 2 fully saturated rings. The number of fused-ring (bicyclic) bond motifs is 1. The largest absolute Gasteiger partial charge is 0.396 e. The zero-order valence-electron chi connectivity index (χ0n) is 15.9. The number of amides is 1. The molecule has 5 heteroatoms. The van der Waals surface area contributed by atoms with E-state index in [9.17, 15) is 4.79 Å². The summed E-state index contributed by atoms with van der Waals surface area (Å²) in [7, 11) is 0. The van der Waals surface area contributed by atoms with Crippen LogP contribution in [0.2, 0.25) is 0 Å². The van der Waals surface area contributed by atoms with Crippen molar-refractivity contribution >= 4 is 16.8 Å². The molecule has 144 valence electrons. The number of likely N-dealkylation sites (tertiary alicyclic amines) is 2. The molecule has 0 atom stereocenters. The van der Waals surface area contributed by atoms with Gasteiger partial charge in [-0.2, -0.15) is 0 Å². The third kappa shape index (κ3) is 4.14. The third-order valence-corrected chi connectivity index (χ3v) is 6.32. The minimum Gasteiger partial charge on any atom is -0.396 e. The number of nitrogens with zero attached hydrogens (tertiary/aromatic N) is 3. The van der Waals surface area contributed by atoms with E-state index < -0.39 is 0 Å². The van der Waals surface area contributed by atoms with Gasteiger partial charge in [-0.15, -0.1) is 0 Å². The molecule has 1 N–H and O–H groups in total. The molecule has 1 aromatic carbocycles. The summed E-state index contributed by atoms with van der Waals surface area (Å²) >= 11 is 0. The van der Waals surface area contributed by atoms with Crippen molar-refractivity contribution < 1.29 is 9.90 Å². The number of hydrogen-bond donors (Lipinski definition) is 1. The van der Waals surface area contributed by atoms with Crippen molar-refractivity contribution in [2.24, 2.45) is 5.41 Å². The Kier molecular flexibility index (Phi) is 5.41. The summed E-state index contributed by atoms with van der Waals surface area (Å²) < 4.78 is 0. The van der Waals surface area contributed by atoms with Crippen LogP contribution < -0.4 is 0 Å². The number of piperidine rings is 2. The quantitative estimate of drug-likeness (QED) is 0.883. The molecule has 3 heterocycles. The zero-order chi connectivity index (χ0) is 18.7. The topological polar surface area (TPSA) is 56.7 Å². The molecule has 1 amide bonds. The van der Waals surface area contributed by atoms with E-state index in [-0.39, 0.29) is 17.9 Å². The number of pyridine rings is 1. The summed E-state index contributed by atoms with van der Waals surface area (Å²) in [6, 6.07) is 10.7. The highest BCUT2D eigenvalue weighted by Gasteiger charge is 2.40. The number of rotatable bonds is 5. The highest BCUT2D eigenvalue weighted by Crippen LogP contribution is 2.40. The number of aromatic nitrogens is 1. The van der Waals surface area contributed by atoms with Crippen LogP contribution in [-0.4, -0.2) is 58.6 Å². The highest BCUT2D eigenvalue weighted by atomic mass is 16.3. The summed E-state index contributed by atoms with van der Waals surface area (Å²) in [5.41, 5.74) is 2.68. The number of aliphatic hydroxyl groups is 1. The van der Waals surface area contributed by atoms with Crippen molar-refractivity contribution in [2.75, 3.05) is 32.8 Å². The maximum atomic E-state index is 12.2. The molecular weight excluding hydrogens is 338 g/mol. The number of benzene rings is 1. The van der Waals surface area contributed by atoms with Crippen LogP contribution in [0.5, 0.6) is 0 Å². The SMILES string of the molecule is O=C1CCC2(CCN(Cc3ccc4ncccc4c3)CC2)CN1CCCO. The second-order valence-electron chi connectivity index (χ2n) is 8.20. The zero-order valence-corrected chi connectivity index (χ0v) is 15.9. The van der Waals surface area contributed by atoms with Crippen LogP contribution in [0, 0.1) is 5.41 Å². The fourth-order valence-corrected chi connectivity index (χ4v) is 4.64. The van der Waals surface area contributed by atoms with Gasteiger partial charge in [0.05, 0.1) is 5.52 Å². The van der Waals surface area contributed by atoms with E-state index in [0.717, 1.165) is 51.0 Å². The van der Waals surface area contributed by atoms with Gasteiger partial charge in [-0.05, 0) is 68.0 Å². The van der Waals surface area contributed by atoms with Crippen molar-refractivity contribution in [1.82, 2.24) is 14.8 Å². The van der Waals surface area contributed by atoms with Crippen molar-refractivity contribution in [1.29, 1.82) is 0 Å². The van der Waals surface area contributed by atoms with Gasteiger partial charge in [0, 0.05) is 44.2 Å². The van der Waals surface area contributed by atoms with Gasteiger partial charge < -0.3 is 10.0 Å². The first kappa shape index (κ1) is 18.4. The lowest BCUT2D eigenvalue weighted by molar-refractivity contribution is -0.139. The molecule has 1 spiro atoms. The first-order valence-electron chi connectivity index (χ1n) is 10.1. The molecule has 2 saturated heterocycles. The Hall–Kier alpha value is -1.98. The minimum atomic E-state index is 0.159. The van der Waals surface area contributed by atoms with Crippen LogP contribution in [0.3, 0.4) is 0 Å². The molecule has 2 aliphatic heterocycles. The summed E-state index contributed by atoms with van der Waals surface area (Å²) in [6.07, 6.45) is 6.53. The van der Waals surface area contributed by atoms with E-state index in [4.69, 9.17) is 5.11 Å². The Morgan fingerprint density at radius 2 is 2.00 bits per heavy atom. The van der Waals surface area contributed by atoms with Crippen molar-refractivity contribution in [3.05, 3.63) is 42.1 Å². The van der Waals surface area contributed by atoms with Crippen LogP contribution in [0.15, 0.2) is 36.5 Å². The molecule has 27 heavy (non-hydrogen) atoms. The lowest BCUT2D eigenvalue weighted by atomic mass is 9.72. The van der Waals surface area contributed by atoms with Crippen molar-refractivity contribution in [3.63, 3.8) is 0 Å². The van der Waals surface area contributed by atoms with E-state index in [1.54, 1.807) is 0 Å². The number of carbonyl (C=O) groups is 1. The predicted molar refractivity (Wildman–Crippen MR) is 106 cm³/mol. The number of aliphatic hydroxyl groups excluding tert-OH is 1. The number of carbonyl (C=O) groups excluding carboxylic acids is 1. The maximum Gasteiger partial charge on any atom is 0.222 e. The smallest absolute Gasteiger partial charge is 0.222 e. The predicted octanol–water partition coefficient (Wildman–Crippen LogP) is 2.82. The Bertz CT molecular complexity index is 799. The standard InChI is InChI=1S/C22H29N3O2/c26-14-2-11-25-17-22(7-6-21(25)27)8-12-24(13-9-22)16-18-4-5-20-19(15-18)3-1-10-23-20/h1,3-5,10,15,26H,2,6-9,11-14,16-17H2. The third-order valence-electron chi connectivity index (χ3n) is 6.32. The van der Waals surface area contributed by atoms with Gasteiger partial charge in [0.15, 0.2) is 0 Å². The Balaban J connectivity index is 1.36. The van der Waals surface area contributed by atoms with Gasteiger partial charge in [0.2, 0.25) is 5.91 Å². The van der Waals surface area contributed by atoms with Crippen LogP contribution >= 0.6 is 0 Å². The Labute approximate surface area is 161 Å². The van der Waals surface area contributed by atoms with Gasteiger partial charge in [0.25, 0.3) is 0 Å². The molecule has 1 aromatic heterocycles. The van der Waals surface area contributed by atoms with Crippen molar-refractivity contribution in [2.45, 2.75) is 38.6 Å². The van der Waals surface area contributed by atoms with Gasteiger partial charge in [-0.1, -0.05) is 12.1 Å². The normalized spacial score (nSPS) is 20.5. The first-order chi connectivity index (χ1) is 13.2. The molecule has 2 aromatic rings. The molecule has 0 radical (unpaired) electrons. The molecule has 0 bridgehead atoms. The molecule has 0 aliphatic carbocycles. The van der Waals surface area contributed by atoms with E-state index in [1.807, 2.05) is 17.2 Å². The highest BCUT2D eigenvalue weighted by molar-refractivity contribution is 5.79. The van der Waals surface area contributed by atoms with E-state index in [1.165, 1.54) is 10.9 Å². The van der Waals surface area contributed by atoms with Gasteiger partial charge >= 0.3 is 0 Å². The summed E-state index contributed by atoms with van der Waals surface area (Å²) in [5.74, 6) is 0.265. The van der Waals surface area contributed by atoms with E-state index >= 15 is 0 Å². The van der Waals surface area contributed by atoms with E-state index in [0.29, 0.717) is 19.4 Å². The lowest BCUT2D eigenvalue weighted by Gasteiger charge is -2.47. The van der Waals surface area contributed by atoms with Gasteiger partial charge in [0.1, 0.15) is 0 Å². The molecule has 2 aliphatic rings. The molecular formula is C22H29N3O2. The fraction of sp³-hybridized carbons (Fsp3) is 0.545. The van der Waals surface area contributed by atoms with Crippen LogP contribution in [0.4, 0.5) is 0 Å². The summed E-state index contributed by atoms with van der Waals surface area (Å²) in [5, 5.41) is 10.3. The summed E-state index contributed by atoms with van der Waals surface area (Å²) in [4.78, 5) is 21.1. The molecule has 4 rings (SSSR count). The average Bonchev–Trinajstić information content (AvgIpc) is 2.71. The minimum absolute atomic E-state index is 0.159. The van der Waals surface area contributed by atoms with Gasteiger partial charge in [-0.3, -0.25) is 14.7 Å². The first-order valence-corrected chi connectivity index (χ1v) is 10.1. The monoisotopic (exact) mass is 367 g/mol. The summed E-state index contributed by atoms with van der Waals surface area (Å²) in [6.45, 7) is 4.90. The second-order valence-corrected chi connectivity index (χ2v) is 8.20. The second kappa shape index (κ2) is 7.95. The van der Waals surface area contributed by atoms with Gasteiger partial charge in [-0.25, -0.2) is 0 Å². The van der Waals surface area contributed by atoms with E-state index in [2.05, 4.69) is 34.1 Å². The molecule has 5 nitrogen and oxygen atoms in total. The number of hydrogen-bond acceptors (Lipinski definition) is 4. The fourth-order valence-electron chi connectivity index (χ4n) is 4.64. The maximum absolute atomic E-state index is 12.2. The Morgan fingerprint density at radius 1 is 1.15 bits per heavy atom.